The van der Waals surface area contributed by atoms with Crippen molar-refractivity contribution in [2.75, 3.05) is 45.8 Å². The van der Waals surface area contributed by atoms with E-state index in [0.29, 0.717) is 25.7 Å². The summed E-state index contributed by atoms with van der Waals surface area (Å²) in [6.45, 7) is 2.85. The predicted molar refractivity (Wildman–Crippen MR) is 127 cm³/mol. The molecule has 0 aliphatic heterocycles. The molecule has 0 bridgehead atoms. The molecule has 0 aromatic heterocycles. The predicted octanol–water partition coefficient (Wildman–Crippen LogP) is 2.80. The molecule has 2 aromatic rings. The van der Waals surface area contributed by atoms with Gasteiger partial charge in [-0.1, -0.05) is 42.5 Å². The number of nitrogens with zero attached hydrogens (tertiary/aromatic N) is 1. The van der Waals surface area contributed by atoms with Gasteiger partial charge < -0.3 is 25.8 Å². The molecule has 7 heteroatoms. The first-order chi connectivity index (χ1) is 13.3. The number of ether oxygens (including phenoxy) is 1. The molecule has 0 aliphatic rings. The number of aliphatic hydroxyl groups excluding tert-OH is 1. The molecule has 0 spiro atoms. The SMILES string of the molecule is CN=C(NCc1ccc(NCCOC)cc1)NCC(CO)c1ccccc1.I. The summed E-state index contributed by atoms with van der Waals surface area (Å²) in [6.07, 6.45) is 0. The molecule has 2 rings (SSSR count). The standard InChI is InChI=1S/C21H30N4O2.HI/c1-22-21(25-15-19(16-26)18-6-4-3-5-7-18)24-14-17-8-10-20(11-9-17)23-12-13-27-2;/h3-11,19,23,26H,12-16H2,1-2H3,(H2,22,24,25);1H. The minimum Gasteiger partial charge on any atom is -0.396 e. The van der Waals surface area contributed by atoms with E-state index in [1.807, 2.05) is 30.3 Å². The maximum Gasteiger partial charge on any atom is 0.191 e. The number of hydrogen-bond acceptors (Lipinski definition) is 4. The minimum absolute atomic E-state index is 0. The third-order valence-electron chi connectivity index (χ3n) is 4.28. The Morgan fingerprint density at radius 1 is 1.07 bits per heavy atom. The van der Waals surface area contributed by atoms with Crippen LogP contribution in [0.5, 0.6) is 0 Å². The number of rotatable bonds is 10. The molecular formula is C21H31IN4O2. The highest BCUT2D eigenvalue weighted by Crippen LogP contribution is 2.13. The molecule has 154 valence electrons. The Labute approximate surface area is 184 Å². The third-order valence-corrected chi connectivity index (χ3v) is 4.28. The van der Waals surface area contributed by atoms with E-state index >= 15 is 0 Å². The molecule has 0 fully saturated rings. The monoisotopic (exact) mass is 498 g/mol. The fraction of sp³-hybridized carbons (Fsp3) is 0.381. The van der Waals surface area contributed by atoms with Crippen molar-refractivity contribution in [2.24, 2.45) is 4.99 Å². The minimum atomic E-state index is 0. The van der Waals surface area contributed by atoms with E-state index in [2.05, 4.69) is 45.2 Å². The van der Waals surface area contributed by atoms with Gasteiger partial charge in [0.05, 0.1) is 13.2 Å². The number of hydrogen-bond donors (Lipinski definition) is 4. The van der Waals surface area contributed by atoms with E-state index in [1.54, 1.807) is 14.2 Å². The summed E-state index contributed by atoms with van der Waals surface area (Å²) in [5.74, 6) is 0.744. The quantitative estimate of drug-likeness (QED) is 0.176. The molecule has 4 N–H and O–H groups in total. The first-order valence-electron chi connectivity index (χ1n) is 9.19. The molecule has 1 unspecified atom stereocenters. The second-order valence-corrected chi connectivity index (χ2v) is 6.21. The van der Waals surface area contributed by atoms with E-state index in [9.17, 15) is 5.11 Å². The Kier molecular flexibility index (Phi) is 12.3. The zero-order valence-corrected chi connectivity index (χ0v) is 18.9. The number of guanidine groups is 1. The van der Waals surface area contributed by atoms with Gasteiger partial charge in [-0.3, -0.25) is 4.99 Å². The van der Waals surface area contributed by atoms with Gasteiger partial charge in [0.2, 0.25) is 0 Å². The summed E-state index contributed by atoms with van der Waals surface area (Å²) < 4.78 is 5.03. The number of nitrogens with one attached hydrogen (secondary N) is 3. The van der Waals surface area contributed by atoms with Crippen LogP contribution in [0.25, 0.3) is 0 Å². The molecule has 0 saturated heterocycles. The summed E-state index contributed by atoms with van der Waals surface area (Å²) in [5.41, 5.74) is 3.35. The molecule has 0 radical (unpaired) electrons. The van der Waals surface area contributed by atoms with Crippen molar-refractivity contribution >= 4 is 35.6 Å². The van der Waals surface area contributed by atoms with Crippen molar-refractivity contribution in [1.82, 2.24) is 10.6 Å². The van der Waals surface area contributed by atoms with E-state index in [4.69, 9.17) is 4.74 Å². The highest BCUT2D eigenvalue weighted by molar-refractivity contribution is 14.0. The summed E-state index contributed by atoms with van der Waals surface area (Å²) >= 11 is 0. The van der Waals surface area contributed by atoms with Crippen LogP contribution in [0, 0.1) is 0 Å². The molecule has 6 nitrogen and oxygen atoms in total. The molecule has 1 atom stereocenters. The highest BCUT2D eigenvalue weighted by atomic mass is 127. The average Bonchev–Trinajstić information content (AvgIpc) is 2.72. The van der Waals surface area contributed by atoms with E-state index in [1.165, 1.54) is 0 Å². The van der Waals surface area contributed by atoms with Crippen LogP contribution in [0.1, 0.15) is 17.0 Å². The van der Waals surface area contributed by atoms with Crippen molar-refractivity contribution < 1.29 is 9.84 Å². The van der Waals surface area contributed by atoms with Gasteiger partial charge in [-0.25, -0.2) is 0 Å². The van der Waals surface area contributed by atoms with Gasteiger partial charge in [-0.05, 0) is 23.3 Å². The summed E-state index contributed by atoms with van der Waals surface area (Å²) in [7, 11) is 3.44. The Morgan fingerprint density at radius 3 is 2.39 bits per heavy atom. The summed E-state index contributed by atoms with van der Waals surface area (Å²) in [6, 6.07) is 18.3. The molecule has 28 heavy (non-hydrogen) atoms. The first-order valence-corrected chi connectivity index (χ1v) is 9.19. The van der Waals surface area contributed by atoms with E-state index < -0.39 is 0 Å². The van der Waals surface area contributed by atoms with Crippen LogP contribution in [-0.2, 0) is 11.3 Å². The van der Waals surface area contributed by atoms with Gasteiger partial charge in [-0.15, -0.1) is 24.0 Å². The number of methoxy groups -OCH3 is 1. The second kappa shape index (κ2) is 14.2. The maximum absolute atomic E-state index is 9.66. The molecule has 0 heterocycles. The van der Waals surface area contributed by atoms with Gasteiger partial charge in [0.15, 0.2) is 5.96 Å². The summed E-state index contributed by atoms with van der Waals surface area (Å²) in [5, 5.41) is 19.6. The molecule has 0 aliphatic carbocycles. The lowest BCUT2D eigenvalue weighted by atomic mass is 10.0. The van der Waals surface area contributed by atoms with Gasteiger partial charge in [0, 0.05) is 45.4 Å². The Hall–Kier alpha value is -1.84. The number of halogens is 1. The van der Waals surface area contributed by atoms with E-state index in [0.717, 1.165) is 23.4 Å². The average molecular weight is 498 g/mol. The van der Waals surface area contributed by atoms with Gasteiger partial charge >= 0.3 is 0 Å². The number of benzene rings is 2. The lowest BCUT2D eigenvalue weighted by molar-refractivity contribution is 0.211. The fourth-order valence-corrected chi connectivity index (χ4v) is 2.68. The summed E-state index contributed by atoms with van der Waals surface area (Å²) in [4.78, 5) is 4.26. The number of anilines is 1. The number of aliphatic hydroxyl groups is 1. The molecular weight excluding hydrogens is 467 g/mol. The Bertz CT molecular complexity index is 681. The number of aliphatic imine (C=N–C) groups is 1. The van der Waals surface area contributed by atoms with Crippen molar-refractivity contribution in [3.05, 3.63) is 65.7 Å². The van der Waals surface area contributed by atoms with Gasteiger partial charge in [-0.2, -0.15) is 0 Å². The van der Waals surface area contributed by atoms with E-state index in [-0.39, 0.29) is 36.5 Å². The topological polar surface area (TPSA) is 77.9 Å². The lowest BCUT2D eigenvalue weighted by Crippen LogP contribution is -2.39. The second-order valence-electron chi connectivity index (χ2n) is 6.21. The third kappa shape index (κ3) is 8.45. The van der Waals surface area contributed by atoms with Crippen LogP contribution in [0.15, 0.2) is 59.6 Å². The van der Waals surface area contributed by atoms with Crippen molar-refractivity contribution in [2.45, 2.75) is 12.5 Å². The lowest BCUT2D eigenvalue weighted by Gasteiger charge is -2.18. The smallest absolute Gasteiger partial charge is 0.191 e. The Balaban J connectivity index is 0.00000392. The molecule has 0 amide bonds. The van der Waals surface area contributed by atoms with Crippen LogP contribution in [0.3, 0.4) is 0 Å². The largest absolute Gasteiger partial charge is 0.396 e. The molecule has 2 aromatic carbocycles. The Morgan fingerprint density at radius 2 is 1.79 bits per heavy atom. The van der Waals surface area contributed by atoms with Crippen LogP contribution >= 0.6 is 24.0 Å². The van der Waals surface area contributed by atoms with Crippen molar-refractivity contribution in [3.63, 3.8) is 0 Å². The fourth-order valence-electron chi connectivity index (χ4n) is 2.68. The maximum atomic E-state index is 9.66. The van der Waals surface area contributed by atoms with Crippen LogP contribution in [0.4, 0.5) is 5.69 Å². The van der Waals surface area contributed by atoms with Gasteiger partial charge in [0.1, 0.15) is 0 Å². The van der Waals surface area contributed by atoms with Crippen molar-refractivity contribution in [1.29, 1.82) is 0 Å². The zero-order chi connectivity index (χ0) is 19.3. The normalized spacial score (nSPS) is 12.0. The first kappa shape index (κ1) is 24.2. The zero-order valence-electron chi connectivity index (χ0n) is 16.5. The van der Waals surface area contributed by atoms with Crippen molar-refractivity contribution in [3.8, 4) is 0 Å². The van der Waals surface area contributed by atoms with Crippen LogP contribution in [0.2, 0.25) is 0 Å². The van der Waals surface area contributed by atoms with Crippen LogP contribution in [-0.4, -0.2) is 51.5 Å². The highest BCUT2D eigenvalue weighted by Gasteiger charge is 2.10. The van der Waals surface area contributed by atoms with Gasteiger partial charge in [0.25, 0.3) is 0 Å². The molecule has 0 saturated carbocycles. The van der Waals surface area contributed by atoms with Crippen LogP contribution < -0.4 is 16.0 Å².